The molecule has 0 heterocycles. The van der Waals surface area contributed by atoms with Crippen molar-refractivity contribution in [1.29, 1.82) is 0 Å². The number of carbonyl (C=O) groups is 1. The number of hydrogen-bond acceptors (Lipinski definition) is 25. The largest absolute Gasteiger partial charge is 0.507 e. The van der Waals surface area contributed by atoms with E-state index in [4.69, 9.17) is 77.2 Å². The molecule has 103 heavy (non-hydrogen) atoms. The molecule has 0 spiro atoms. The minimum atomic E-state index is -0.886. The van der Waals surface area contributed by atoms with Crippen molar-refractivity contribution in [3.63, 3.8) is 0 Å². The van der Waals surface area contributed by atoms with Gasteiger partial charge in [-0.25, -0.2) is 0 Å². The van der Waals surface area contributed by atoms with Crippen LogP contribution in [0.15, 0.2) is 59.6 Å². The normalized spacial score (nSPS) is 14.4. The van der Waals surface area contributed by atoms with Gasteiger partial charge in [0.2, 0.25) is 0 Å². The number of Topliss-reactive ketones (excluding diaryl/α,β-unsaturated/α-hetero) is 1. The molecule has 2 unspecified atom stereocenters. The first-order chi connectivity index (χ1) is 49.8. The van der Waals surface area contributed by atoms with Crippen LogP contribution in [0.4, 0.5) is 0 Å². The van der Waals surface area contributed by atoms with E-state index in [2.05, 4.69) is 0 Å². The monoisotopic (exact) mass is 1420 g/mol. The van der Waals surface area contributed by atoms with E-state index in [1.165, 1.54) is 73.8 Å². The zero-order chi connectivity index (χ0) is 73.8. The molecule has 0 amide bonds. The van der Waals surface area contributed by atoms with Crippen LogP contribution in [0.1, 0.15) is 85.8 Å². The molecule has 2 atom stereocenters. The summed E-state index contributed by atoms with van der Waals surface area (Å²) in [6, 6.07) is 5.18. The van der Waals surface area contributed by atoms with Crippen LogP contribution >= 0.6 is 0 Å². The number of rotatable bonds is 34. The maximum atomic E-state index is 14.1. The van der Waals surface area contributed by atoms with Crippen molar-refractivity contribution in [3.8, 4) is 57.5 Å². The highest BCUT2D eigenvalue weighted by Gasteiger charge is 2.40. The van der Waals surface area contributed by atoms with Crippen molar-refractivity contribution in [3.05, 3.63) is 110 Å². The van der Waals surface area contributed by atoms with Gasteiger partial charge in [-0.15, -0.1) is 0 Å². The summed E-state index contributed by atoms with van der Waals surface area (Å²) in [5.74, 6) is -1.95. The fraction of sp³-hybridized carbons (Fsp3) is 0.410. The lowest BCUT2D eigenvalue weighted by Crippen LogP contribution is -2.16. The number of carbonyl (C=O) groups excluding carboxylic acids is 1. The van der Waals surface area contributed by atoms with Gasteiger partial charge in [0.1, 0.15) is 40.3 Å². The number of aliphatic hydroxyl groups excluding tert-OH is 3. The predicted octanol–water partition coefficient (Wildman–Crippen LogP) is 8.66. The van der Waals surface area contributed by atoms with E-state index < -0.39 is 39.3 Å². The van der Waals surface area contributed by atoms with Gasteiger partial charge in [-0.1, -0.05) is 23.3 Å². The van der Waals surface area contributed by atoms with E-state index in [0.717, 1.165) is 5.57 Å². The average molecular weight is 1420 g/mol. The van der Waals surface area contributed by atoms with Crippen LogP contribution in [0.25, 0.3) is 98.3 Å². The summed E-state index contributed by atoms with van der Waals surface area (Å²) < 4.78 is 68.0. The summed E-state index contributed by atoms with van der Waals surface area (Å²) >= 11 is 0. The Hall–Kier alpha value is -9.54. The molecular formula is C78H85NO24. The van der Waals surface area contributed by atoms with E-state index in [9.17, 15) is 44.4 Å². The Morgan fingerprint density at radius 1 is 0.379 bits per heavy atom. The molecule has 0 fully saturated rings. The van der Waals surface area contributed by atoms with Crippen molar-refractivity contribution in [1.82, 2.24) is 0 Å². The zero-order valence-electron chi connectivity index (χ0n) is 59.3. The topological polar surface area (TPSA) is 350 Å². The molecular weight excluding hydrogens is 1330 g/mol. The van der Waals surface area contributed by atoms with Crippen molar-refractivity contribution in [2.75, 3.05) is 148 Å². The summed E-state index contributed by atoms with van der Waals surface area (Å²) in [5.41, 5.74) is 3.28. The van der Waals surface area contributed by atoms with Crippen LogP contribution in [0.5, 0.6) is 57.5 Å². The molecule has 0 bridgehead atoms. The first kappa shape index (κ1) is 74.6. The Bertz CT molecular complexity index is 5240. The standard InChI is InChI=1S/C42H49NO13.C36H36O11/c1-22-19-25-24(7-6-11-53-15-17-55-13-9-44)40(48)32-26(46)20-28(50-3)34-35-29(51-4)21-27(47)33-38(35)37(31(25)36(32)34)39(42(52-5)41(33)49)30(22)23(2)43-8-12-54-16-18-56-14-10-45;1-16-13-19-18(7-6-9-46-11-12-47-10-8-37)34(41)26-20(39)14-22(43-3)28-29-23(44-4)15-21(40)27-32(29)31(25(19)30(26)28)33(24(16)17(2)38)36(45-5)35(27)42/h19-21,30,44-45,48-49H,6-18H2,1-5H3;13-15,24,37,41-42H,6-12H2,1-5H3. The second kappa shape index (κ2) is 32.0. The highest BCUT2D eigenvalue weighted by molar-refractivity contribution is 6.41. The van der Waals surface area contributed by atoms with Gasteiger partial charge in [-0.05, 0) is 86.1 Å². The van der Waals surface area contributed by atoms with Crippen LogP contribution < -0.4 is 50.1 Å². The number of allylic oxidation sites excluding steroid dienone is 2. The molecule has 0 aliphatic heterocycles. The molecule has 25 heteroatoms. The number of ketones is 1. The Morgan fingerprint density at radius 3 is 1.02 bits per heavy atom. The quantitative estimate of drug-likeness (QED) is 0.00858. The smallest absolute Gasteiger partial charge is 0.194 e. The van der Waals surface area contributed by atoms with Crippen molar-refractivity contribution in [2.24, 2.45) is 4.99 Å². The lowest BCUT2D eigenvalue weighted by atomic mass is 9.80. The van der Waals surface area contributed by atoms with Gasteiger partial charge < -0.3 is 92.6 Å². The molecule has 25 nitrogen and oxygen atoms in total. The van der Waals surface area contributed by atoms with E-state index in [0.29, 0.717) is 201 Å². The van der Waals surface area contributed by atoms with Crippen LogP contribution in [0.3, 0.4) is 0 Å². The molecule has 0 radical (unpaired) electrons. The molecule has 7 N–H and O–H groups in total. The van der Waals surface area contributed by atoms with Gasteiger partial charge in [-0.2, -0.15) is 0 Å². The molecule has 0 saturated heterocycles. The number of ether oxygens (including phenoxy) is 12. The molecule has 2 aliphatic rings. The van der Waals surface area contributed by atoms with E-state index in [1.807, 2.05) is 26.0 Å². The van der Waals surface area contributed by atoms with Crippen molar-refractivity contribution < 1.29 is 97.4 Å². The van der Waals surface area contributed by atoms with Gasteiger partial charge in [0, 0.05) is 114 Å². The molecule has 2 aliphatic carbocycles. The minimum Gasteiger partial charge on any atom is -0.507 e. The minimum absolute atomic E-state index is 0.0187. The Kier molecular flexibility index (Phi) is 23.2. The predicted molar refractivity (Wildman–Crippen MR) is 393 cm³/mol. The van der Waals surface area contributed by atoms with Crippen molar-refractivity contribution >= 4 is 110 Å². The summed E-state index contributed by atoms with van der Waals surface area (Å²) in [5, 5.41) is 80.1. The summed E-state index contributed by atoms with van der Waals surface area (Å²) in [6.45, 7) is 10.7. The number of phenols is 4. The third kappa shape index (κ3) is 13.1. The highest BCUT2D eigenvalue weighted by Crippen LogP contribution is 2.60. The Labute approximate surface area is 590 Å². The number of benzene rings is 10. The summed E-state index contributed by atoms with van der Waals surface area (Å²) in [7, 11) is 8.53. The fourth-order valence-corrected chi connectivity index (χ4v) is 15.4. The summed E-state index contributed by atoms with van der Waals surface area (Å²) in [4.78, 5) is 74.0. The summed E-state index contributed by atoms with van der Waals surface area (Å²) in [6.07, 6.45) is 5.41. The Morgan fingerprint density at radius 2 is 0.689 bits per heavy atom. The first-order valence-corrected chi connectivity index (χ1v) is 33.9. The molecule has 12 rings (SSSR count). The zero-order valence-corrected chi connectivity index (χ0v) is 59.3. The van der Waals surface area contributed by atoms with Gasteiger partial charge in [0.05, 0.1) is 163 Å². The maximum Gasteiger partial charge on any atom is 0.194 e. The molecule has 0 aromatic heterocycles. The molecule has 546 valence electrons. The molecule has 10 aromatic carbocycles. The number of methoxy groups -OCH3 is 6. The first-order valence-electron chi connectivity index (χ1n) is 33.9. The van der Waals surface area contributed by atoms with Crippen LogP contribution in [-0.4, -0.2) is 196 Å². The number of phenolic OH excluding ortho intramolecular Hbond substituents is 4. The van der Waals surface area contributed by atoms with Gasteiger partial charge in [0.25, 0.3) is 0 Å². The van der Waals surface area contributed by atoms with Crippen LogP contribution in [-0.2, 0) is 46.1 Å². The fourth-order valence-electron chi connectivity index (χ4n) is 15.4. The number of nitrogens with zero attached hydrogens (tertiary/aromatic N) is 1. The number of aliphatic hydroxyl groups is 3. The maximum absolute atomic E-state index is 14.1. The van der Waals surface area contributed by atoms with Gasteiger partial charge >= 0.3 is 0 Å². The van der Waals surface area contributed by atoms with E-state index >= 15 is 0 Å². The van der Waals surface area contributed by atoms with Crippen molar-refractivity contribution in [2.45, 2.75) is 65.2 Å². The Balaban J connectivity index is 0.000000210. The third-order valence-corrected chi connectivity index (χ3v) is 19.4. The third-order valence-electron chi connectivity index (χ3n) is 19.4. The second-order valence-electron chi connectivity index (χ2n) is 25.2. The lowest BCUT2D eigenvalue weighted by molar-refractivity contribution is -0.117. The van der Waals surface area contributed by atoms with E-state index in [-0.39, 0.29) is 119 Å². The van der Waals surface area contributed by atoms with Crippen LogP contribution in [0.2, 0.25) is 0 Å². The molecule has 0 saturated carbocycles. The highest BCUT2D eigenvalue weighted by atomic mass is 16.5. The van der Waals surface area contributed by atoms with E-state index in [1.54, 1.807) is 6.92 Å². The number of aromatic hydroxyl groups is 4. The lowest BCUT2D eigenvalue weighted by Gasteiger charge is -2.26. The SMILES string of the molecule is COc1c(O)c2c(=O)cc(OC)c3c4c(OC)cc(=O)c5c(O)c(CCCOCCOCCO)c6c(c(c1C(C(C)=NCCOCCOCCO)C(C)=C6)c23)c54.COc1c(O)c2c(=O)cc(OC)c3c4c(OC)cc(=O)c5c(O)c(CCCOCCOCCO)c6c(c(c1C(C(C)=O)C(C)=C6)c23)c54. The molecule has 10 aromatic rings. The van der Waals surface area contributed by atoms with Gasteiger partial charge in [-0.3, -0.25) is 29.0 Å². The second-order valence-corrected chi connectivity index (χ2v) is 25.2. The average Bonchev–Trinajstić information content (AvgIpc) is 1.67. The van der Waals surface area contributed by atoms with Crippen LogP contribution in [0, 0.1) is 0 Å². The van der Waals surface area contributed by atoms with Gasteiger partial charge in [0.15, 0.2) is 44.7 Å². The number of fused-ring (bicyclic) bond motifs is 2. The number of aliphatic imine (C=N–C) groups is 1. The number of hydrogen-bond donors (Lipinski definition) is 7.